The number of rotatable bonds is 14. The third kappa shape index (κ3) is 7.26. The Hall–Kier alpha value is -3.20. The highest BCUT2D eigenvalue weighted by Crippen LogP contribution is 2.59. The minimum Gasteiger partial charge on any atom is -0.474 e. The first-order valence-electron chi connectivity index (χ1n) is 18.3. The normalized spacial score (nSPS) is 24.9. The molecule has 0 N–H and O–H groups in total. The van der Waals surface area contributed by atoms with Crippen LogP contribution in [0.2, 0.25) is 18.1 Å². The predicted octanol–water partition coefficient (Wildman–Crippen LogP) is 9.18. The molecule has 50 heavy (non-hydrogen) atoms. The Morgan fingerprint density at radius 1 is 0.960 bits per heavy atom. The van der Waals surface area contributed by atoms with Crippen molar-refractivity contribution < 1.29 is 28.3 Å². The number of esters is 1. The Bertz CT molecular complexity index is 1690. The summed E-state index contributed by atoms with van der Waals surface area (Å²) in [6, 6.07) is 20.2. The lowest BCUT2D eigenvalue weighted by atomic mass is 9.63. The molecule has 6 rings (SSSR count). The van der Waals surface area contributed by atoms with Crippen molar-refractivity contribution in [1.82, 2.24) is 0 Å². The van der Waals surface area contributed by atoms with E-state index in [0.29, 0.717) is 19.4 Å². The number of furan rings is 1. The number of benzene rings is 2. The van der Waals surface area contributed by atoms with Crippen molar-refractivity contribution in [2.24, 2.45) is 17.3 Å². The summed E-state index contributed by atoms with van der Waals surface area (Å²) in [5.41, 5.74) is 2.51. The van der Waals surface area contributed by atoms with Crippen molar-refractivity contribution >= 4 is 43.3 Å². The quantitative estimate of drug-likeness (QED) is 0.0714. The zero-order valence-electron chi connectivity index (χ0n) is 30.2. The van der Waals surface area contributed by atoms with Crippen LogP contribution < -0.4 is 5.38 Å². The largest absolute Gasteiger partial charge is 0.474 e. The van der Waals surface area contributed by atoms with E-state index in [0.717, 1.165) is 72.0 Å². The first-order chi connectivity index (χ1) is 24.0. The SMILES string of the molecule is CC(C)(C)[Si](C)(C)c1occ2c1C[C@]1(CC(=O)OC1Sc1ccccc1)C1=C[C@H](CCCCCCOCc3ccccc3)[C@@H](CC=O)[C@H]2C1=O. The maximum Gasteiger partial charge on any atom is 0.308 e. The summed E-state index contributed by atoms with van der Waals surface area (Å²) in [7, 11) is -2.20. The zero-order valence-corrected chi connectivity index (χ0v) is 32.1. The van der Waals surface area contributed by atoms with Crippen LogP contribution in [0.4, 0.5) is 0 Å². The van der Waals surface area contributed by atoms with Crippen molar-refractivity contribution in [2.75, 3.05) is 6.61 Å². The summed E-state index contributed by atoms with van der Waals surface area (Å²) in [5, 5.41) is 0.993. The summed E-state index contributed by atoms with van der Waals surface area (Å²) in [5.74, 6) is -0.854. The molecule has 266 valence electrons. The van der Waals surface area contributed by atoms with Gasteiger partial charge in [0.1, 0.15) is 14.4 Å². The van der Waals surface area contributed by atoms with Crippen molar-refractivity contribution in [1.29, 1.82) is 0 Å². The van der Waals surface area contributed by atoms with Crippen LogP contribution in [0, 0.1) is 17.3 Å². The van der Waals surface area contributed by atoms with Crippen molar-refractivity contribution in [3.63, 3.8) is 0 Å². The van der Waals surface area contributed by atoms with E-state index in [2.05, 4.69) is 52.1 Å². The van der Waals surface area contributed by atoms with Gasteiger partial charge in [-0.1, -0.05) is 119 Å². The van der Waals surface area contributed by atoms with Gasteiger partial charge in [0.25, 0.3) is 0 Å². The molecule has 6 nitrogen and oxygen atoms in total. The highest BCUT2D eigenvalue weighted by atomic mass is 32.2. The molecular weight excluding hydrogens is 661 g/mol. The van der Waals surface area contributed by atoms with Gasteiger partial charge in [0.2, 0.25) is 0 Å². The van der Waals surface area contributed by atoms with E-state index < -0.39 is 24.8 Å². The summed E-state index contributed by atoms with van der Waals surface area (Å²) in [4.78, 5) is 41.6. The van der Waals surface area contributed by atoms with Gasteiger partial charge in [0.15, 0.2) is 11.2 Å². The fourth-order valence-corrected chi connectivity index (χ4v) is 11.3. The van der Waals surface area contributed by atoms with Crippen LogP contribution in [0.3, 0.4) is 0 Å². The van der Waals surface area contributed by atoms with Crippen molar-refractivity contribution in [3.05, 3.63) is 95.3 Å². The van der Waals surface area contributed by atoms with Gasteiger partial charge in [0, 0.05) is 29.1 Å². The molecule has 1 spiro atoms. The summed E-state index contributed by atoms with van der Waals surface area (Å²) in [6.07, 6.45) is 10.9. The standard InChI is InChI=1S/C42H52O6SSi/c1-41(2,3)50(4,5)39-33-25-42(26-36(44)48-40(42)49-31-19-13-9-14-20-31)35-24-30(32(21-22-43)37(38(35)45)34(33)28-47-39)18-12-6-7-15-23-46-27-29-16-10-8-11-17-29/h8-11,13-14,16-17,19-20,22,24,28,30,32,37,40H,6-7,12,15,18,21,23,25-27H2,1-5H3/t30-,32+,37+,40?,42-/m0/s1. The Kier molecular flexibility index (Phi) is 11.1. The van der Waals surface area contributed by atoms with E-state index in [9.17, 15) is 14.4 Å². The number of aldehydes is 1. The van der Waals surface area contributed by atoms with Crippen LogP contribution in [0.25, 0.3) is 0 Å². The Balaban J connectivity index is 1.31. The molecule has 3 aliphatic rings. The van der Waals surface area contributed by atoms with Gasteiger partial charge in [-0.15, -0.1) is 0 Å². The number of unbranched alkanes of at least 4 members (excludes halogenated alkanes) is 3. The van der Waals surface area contributed by atoms with E-state index in [1.165, 1.54) is 17.3 Å². The topological polar surface area (TPSA) is 82.8 Å². The fourth-order valence-electron chi connectivity index (χ4n) is 8.09. The van der Waals surface area contributed by atoms with Crippen LogP contribution in [-0.4, -0.2) is 38.2 Å². The van der Waals surface area contributed by atoms with Crippen LogP contribution in [0.15, 0.2) is 87.9 Å². The van der Waals surface area contributed by atoms with Crippen LogP contribution >= 0.6 is 11.8 Å². The molecule has 0 radical (unpaired) electrons. The molecular formula is C42H52O6SSi. The van der Waals surface area contributed by atoms with Gasteiger partial charge in [-0.2, -0.15) is 0 Å². The molecule has 0 saturated carbocycles. The molecule has 2 aliphatic carbocycles. The van der Waals surface area contributed by atoms with Gasteiger partial charge in [-0.3, -0.25) is 9.59 Å². The average molecular weight is 713 g/mol. The maximum absolute atomic E-state index is 14.9. The first-order valence-corrected chi connectivity index (χ1v) is 22.2. The molecule has 5 atom stereocenters. The molecule has 8 heteroatoms. The highest BCUT2D eigenvalue weighted by molar-refractivity contribution is 7.99. The number of hydrogen-bond donors (Lipinski definition) is 0. The van der Waals surface area contributed by atoms with E-state index in [1.54, 1.807) is 0 Å². The van der Waals surface area contributed by atoms with Crippen LogP contribution in [0.5, 0.6) is 0 Å². The lowest BCUT2D eigenvalue weighted by molar-refractivity contribution is -0.139. The van der Waals surface area contributed by atoms with Gasteiger partial charge in [-0.25, -0.2) is 0 Å². The van der Waals surface area contributed by atoms with Gasteiger partial charge in [-0.05, 0) is 59.4 Å². The van der Waals surface area contributed by atoms with E-state index in [-0.39, 0.29) is 35.0 Å². The Morgan fingerprint density at radius 2 is 1.66 bits per heavy atom. The second kappa shape index (κ2) is 15.2. The van der Waals surface area contributed by atoms with Crippen LogP contribution in [-0.2, 0) is 36.9 Å². The lowest BCUT2D eigenvalue weighted by Crippen LogP contribution is -2.51. The molecule has 1 fully saturated rings. The number of cyclic esters (lactones) is 1. The Labute approximate surface area is 302 Å². The minimum atomic E-state index is -2.20. The summed E-state index contributed by atoms with van der Waals surface area (Å²) >= 11 is 1.53. The lowest BCUT2D eigenvalue weighted by Gasteiger charge is -2.40. The number of ether oxygens (including phenoxy) is 2. The molecule has 2 heterocycles. The molecule has 2 bridgehead atoms. The number of carbonyl (C=O) groups is 3. The fraction of sp³-hybridized carbons (Fsp3) is 0.500. The van der Waals surface area contributed by atoms with Crippen LogP contribution in [0.1, 0.15) is 88.3 Å². The third-order valence-corrected chi connectivity index (χ3v) is 18.4. The predicted molar refractivity (Wildman–Crippen MR) is 201 cm³/mol. The molecule has 1 unspecified atom stereocenters. The van der Waals surface area contributed by atoms with E-state index >= 15 is 0 Å². The molecule has 0 amide bonds. The second-order valence-electron chi connectivity index (χ2n) is 16.0. The molecule has 1 saturated heterocycles. The van der Waals surface area contributed by atoms with Gasteiger partial charge < -0.3 is 18.7 Å². The van der Waals surface area contributed by atoms with E-state index in [1.807, 2.05) is 54.8 Å². The third-order valence-electron chi connectivity index (χ3n) is 11.8. The number of Topliss-reactive ketones (excluding diaryl/α,β-unsaturated/α-hetero) is 1. The highest BCUT2D eigenvalue weighted by Gasteiger charge is 2.60. The van der Waals surface area contributed by atoms with Crippen molar-refractivity contribution in [2.45, 2.75) is 113 Å². The second-order valence-corrected chi connectivity index (χ2v) is 22.4. The summed E-state index contributed by atoms with van der Waals surface area (Å²) < 4.78 is 18.6. The number of carbonyl (C=O) groups excluding carboxylic acids is 3. The van der Waals surface area contributed by atoms with Gasteiger partial charge in [0.05, 0.1) is 36.0 Å². The molecule has 1 aromatic heterocycles. The Morgan fingerprint density at radius 3 is 2.36 bits per heavy atom. The molecule has 2 aromatic carbocycles. The maximum atomic E-state index is 14.9. The number of fused-ring (bicyclic) bond motifs is 5. The zero-order chi connectivity index (χ0) is 35.5. The minimum absolute atomic E-state index is 0.00600. The number of ketones is 1. The van der Waals surface area contributed by atoms with Gasteiger partial charge >= 0.3 is 5.97 Å². The smallest absolute Gasteiger partial charge is 0.308 e. The first kappa shape index (κ1) is 36.6. The average Bonchev–Trinajstić information content (AvgIpc) is 3.62. The van der Waals surface area contributed by atoms with E-state index in [4.69, 9.17) is 13.9 Å². The number of allylic oxidation sites excluding steroid dienone is 1. The number of thioether (sulfide) groups is 1. The molecule has 3 aromatic rings. The molecule has 1 aliphatic heterocycles. The monoisotopic (exact) mass is 712 g/mol. The van der Waals surface area contributed by atoms with Crippen molar-refractivity contribution in [3.8, 4) is 0 Å². The number of hydrogen-bond acceptors (Lipinski definition) is 7. The summed E-state index contributed by atoms with van der Waals surface area (Å²) in [6.45, 7) is 12.8.